The molecule has 0 atom stereocenters. The molecule has 5 nitrogen and oxygen atoms in total. The lowest BCUT2D eigenvalue weighted by atomic mass is 10.3. The summed E-state index contributed by atoms with van der Waals surface area (Å²) in [6, 6.07) is 3.32. The van der Waals surface area contributed by atoms with Crippen LogP contribution < -0.4 is 11.3 Å². The highest BCUT2D eigenvalue weighted by atomic mass is 16.2. The van der Waals surface area contributed by atoms with E-state index in [9.17, 15) is 4.79 Å². The van der Waals surface area contributed by atoms with Crippen molar-refractivity contribution in [3.63, 3.8) is 0 Å². The fraction of sp³-hybridized carbons (Fsp3) is 0.333. The Balaban J connectivity index is 2.90. The van der Waals surface area contributed by atoms with Crippen LogP contribution in [0.1, 0.15) is 17.4 Å². The summed E-state index contributed by atoms with van der Waals surface area (Å²) in [4.78, 5) is 17.2. The van der Waals surface area contributed by atoms with Gasteiger partial charge in [0.15, 0.2) is 0 Å². The molecule has 0 bridgehead atoms. The Bertz CT molecular complexity index is 326. The van der Waals surface area contributed by atoms with Crippen molar-refractivity contribution in [3.8, 4) is 0 Å². The van der Waals surface area contributed by atoms with E-state index in [4.69, 9.17) is 5.84 Å². The van der Waals surface area contributed by atoms with Crippen LogP contribution in [-0.4, -0.2) is 29.4 Å². The summed E-state index contributed by atoms with van der Waals surface area (Å²) in [6.45, 7) is 2.56. The second-order valence-electron chi connectivity index (χ2n) is 2.89. The minimum Gasteiger partial charge on any atom is -0.341 e. The number of nitrogens with two attached hydrogens (primary N) is 1. The number of rotatable bonds is 3. The first-order valence-corrected chi connectivity index (χ1v) is 4.37. The van der Waals surface area contributed by atoms with Crippen LogP contribution in [0, 0.1) is 0 Å². The topological polar surface area (TPSA) is 71.2 Å². The monoisotopic (exact) mass is 194 g/mol. The lowest BCUT2D eigenvalue weighted by molar-refractivity contribution is 0.0797. The van der Waals surface area contributed by atoms with E-state index in [0.717, 1.165) is 0 Å². The lowest BCUT2D eigenvalue weighted by Gasteiger charge is -2.13. The van der Waals surface area contributed by atoms with E-state index >= 15 is 0 Å². The molecule has 0 saturated heterocycles. The molecule has 1 aromatic heterocycles. The number of nitrogens with zero attached hydrogens (tertiary/aromatic N) is 2. The molecule has 0 aliphatic carbocycles. The molecule has 0 fully saturated rings. The molecule has 1 rings (SSSR count). The molecule has 3 N–H and O–H groups in total. The minimum atomic E-state index is -0.107. The van der Waals surface area contributed by atoms with Gasteiger partial charge >= 0.3 is 0 Å². The molecule has 0 aliphatic rings. The van der Waals surface area contributed by atoms with Crippen LogP contribution in [0.5, 0.6) is 0 Å². The summed E-state index contributed by atoms with van der Waals surface area (Å²) in [5.74, 6) is 5.12. The average Bonchev–Trinajstić information content (AvgIpc) is 2.27. The molecule has 0 unspecified atom stereocenters. The normalized spacial score (nSPS) is 9.64. The Kier molecular flexibility index (Phi) is 3.41. The van der Waals surface area contributed by atoms with Crippen LogP contribution in [0.3, 0.4) is 0 Å². The molecular weight excluding hydrogens is 180 g/mol. The number of hydrogen-bond acceptors (Lipinski definition) is 4. The maximum atomic E-state index is 11.6. The van der Waals surface area contributed by atoms with Crippen molar-refractivity contribution in [1.29, 1.82) is 0 Å². The molecule has 76 valence electrons. The van der Waals surface area contributed by atoms with Gasteiger partial charge in [-0.2, -0.15) is 0 Å². The Hall–Kier alpha value is -1.62. The summed E-state index contributed by atoms with van der Waals surface area (Å²) in [5.41, 5.74) is 3.54. The van der Waals surface area contributed by atoms with Crippen LogP contribution in [0.25, 0.3) is 0 Å². The van der Waals surface area contributed by atoms with Gasteiger partial charge in [-0.15, -0.1) is 0 Å². The number of hydrazine groups is 1. The van der Waals surface area contributed by atoms with E-state index in [1.165, 1.54) is 0 Å². The van der Waals surface area contributed by atoms with Gasteiger partial charge in [-0.25, -0.2) is 0 Å². The van der Waals surface area contributed by atoms with Gasteiger partial charge in [0, 0.05) is 19.8 Å². The number of anilines is 1. The van der Waals surface area contributed by atoms with E-state index in [2.05, 4.69) is 10.4 Å². The summed E-state index contributed by atoms with van der Waals surface area (Å²) in [5, 5.41) is 0. The van der Waals surface area contributed by atoms with Gasteiger partial charge in [0.25, 0.3) is 5.91 Å². The molecular formula is C9H14N4O. The molecule has 1 heterocycles. The number of nitrogen functional groups attached to an aromatic ring is 1. The predicted molar refractivity (Wildman–Crippen MR) is 54.7 cm³/mol. The Morgan fingerprint density at radius 3 is 3.00 bits per heavy atom. The first-order chi connectivity index (χ1) is 6.69. The Labute approximate surface area is 82.9 Å². The predicted octanol–water partition coefficient (Wildman–Crippen LogP) is 0.459. The van der Waals surface area contributed by atoms with Crippen LogP contribution in [0.4, 0.5) is 5.69 Å². The second-order valence-corrected chi connectivity index (χ2v) is 2.89. The van der Waals surface area contributed by atoms with Crippen molar-refractivity contribution >= 4 is 11.6 Å². The standard InChI is InChI=1S/C9H14N4O/c1-3-13(2)9(14)8-6-7(12-10)4-5-11-8/h4-6H,3,10H2,1-2H3,(H,11,12). The van der Waals surface area contributed by atoms with Crippen LogP contribution >= 0.6 is 0 Å². The average molecular weight is 194 g/mol. The molecule has 5 heteroatoms. The van der Waals surface area contributed by atoms with Gasteiger partial charge in [-0.1, -0.05) is 0 Å². The first-order valence-electron chi connectivity index (χ1n) is 4.37. The zero-order chi connectivity index (χ0) is 10.6. The molecule has 0 saturated carbocycles. The SMILES string of the molecule is CCN(C)C(=O)c1cc(NN)ccn1. The van der Waals surface area contributed by atoms with Crippen molar-refractivity contribution in [3.05, 3.63) is 24.0 Å². The second kappa shape index (κ2) is 4.57. The number of nitrogens with one attached hydrogen (secondary N) is 1. The van der Waals surface area contributed by atoms with Gasteiger partial charge in [0.1, 0.15) is 5.69 Å². The van der Waals surface area contributed by atoms with Crippen LogP contribution in [-0.2, 0) is 0 Å². The molecule has 1 aromatic rings. The van der Waals surface area contributed by atoms with Crippen LogP contribution in [0.2, 0.25) is 0 Å². The number of pyridine rings is 1. The number of carbonyl (C=O) groups is 1. The van der Waals surface area contributed by atoms with E-state index in [1.807, 2.05) is 6.92 Å². The van der Waals surface area contributed by atoms with Gasteiger partial charge < -0.3 is 10.3 Å². The largest absolute Gasteiger partial charge is 0.341 e. The van der Waals surface area contributed by atoms with E-state index in [-0.39, 0.29) is 5.91 Å². The number of carbonyl (C=O) groups excluding carboxylic acids is 1. The number of amides is 1. The molecule has 1 amide bonds. The Morgan fingerprint density at radius 1 is 1.71 bits per heavy atom. The highest BCUT2D eigenvalue weighted by Crippen LogP contribution is 2.07. The maximum absolute atomic E-state index is 11.6. The van der Waals surface area contributed by atoms with Gasteiger partial charge in [0.2, 0.25) is 0 Å². The van der Waals surface area contributed by atoms with Crippen molar-refractivity contribution in [2.24, 2.45) is 5.84 Å². The highest BCUT2D eigenvalue weighted by molar-refractivity contribution is 5.92. The summed E-state index contributed by atoms with van der Waals surface area (Å²) in [6.07, 6.45) is 1.55. The van der Waals surface area contributed by atoms with E-state index in [0.29, 0.717) is 17.9 Å². The molecule has 0 aromatic carbocycles. The molecule has 14 heavy (non-hydrogen) atoms. The van der Waals surface area contributed by atoms with Crippen molar-refractivity contribution < 1.29 is 4.79 Å². The smallest absolute Gasteiger partial charge is 0.272 e. The summed E-state index contributed by atoms with van der Waals surface area (Å²) in [7, 11) is 1.73. The van der Waals surface area contributed by atoms with E-state index in [1.54, 1.807) is 30.3 Å². The third-order valence-corrected chi connectivity index (χ3v) is 1.97. The summed E-state index contributed by atoms with van der Waals surface area (Å²) < 4.78 is 0. The third kappa shape index (κ3) is 2.20. The van der Waals surface area contributed by atoms with Crippen molar-refractivity contribution in [2.75, 3.05) is 19.0 Å². The third-order valence-electron chi connectivity index (χ3n) is 1.97. The van der Waals surface area contributed by atoms with Crippen LogP contribution in [0.15, 0.2) is 18.3 Å². The molecule has 0 radical (unpaired) electrons. The Morgan fingerprint density at radius 2 is 2.43 bits per heavy atom. The summed E-state index contributed by atoms with van der Waals surface area (Å²) >= 11 is 0. The highest BCUT2D eigenvalue weighted by Gasteiger charge is 2.11. The number of hydrogen-bond donors (Lipinski definition) is 2. The lowest BCUT2D eigenvalue weighted by Crippen LogP contribution is -2.27. The molecule has 0 spiro atoms. The number of aromatic nitrogens is 1. The maximum Gasteiger partial charge on any atom is 0.272 e. The first kappa shape index (κ1) is 10.5. The van der Waals surface area contributed by atoms with Crippen molar-refractivity contribution in [1.82, 2.24) is 9.88 Å². The zero-order valence-corrected chi connectivity index (χ0v) is 8.32. The van der Waals surface area contributed by atoms with Gasteiger partial charge in [0.05, 0.1) is 5.69 Å². The molecule has 0 aliphatic heterocycles. The fourth-order valence-corrected chi connectivity index (χ4v) is 0.976. The quantitative estimate of drug-likeness (QED) is 0.541. The van der Waals surface area contributed by atoms with Crippen molar-refractivity contribution in [2.45, 2.75) is 6.92 Å². The van der Waals surface area contributed by atoms with Gasteiger partial charge in [-0.05, 0) is 19.1 Å². The fourth-order valence-electron chi connectivity index (χ4n) is 0.976. The van der Waals surface area contributed by atoms with E-state index < -0.39 is 0 Å². The van der Waals surface area contributed by atoms with Gasteiger partial charge in [-0.3, -0.25) is 15.6 Å². The zero-order valence-electron chi connectivity index (χ0n) is 8.32. The minimum absolute atomic E-state index is 0.107.